The van der Waals surface area contributed by atoms with Gasteiger partial charge in [-0.3, -0.25) is 0 Å². The largest absolute Gasteiger partial charge is 0.179 e. The lowest BCUT2D eigenvalue weighted by Crippen LogP contribution is -2.04. The monoisotopic (exact) mass is 190 g/mol. The smallest absolute Gasteiger partial charge is 0.00471 e. The Hall–Kier alpha value is 0.700. The summed E-state index contributed by atoms with van der Waals surface area (Å²) in [6.07, 6.45) is 5.85. The van der Waals surface area contributed by atoms with E-state index in [0.29, 0.717) is 0 Å². The summed E-state index contributed by atoms with van der Waals surface area (Å²) < 4.78 is 0. The molecule has 0 heterocycles. The number of hydrogen-bond donors (Lipinski definition) is 1. The molecule has 0 N–H and O–H groups in total. The highest BCUT2D eigenvalue weighted by atomic mass is 32.2. The van der Waals surface area contributed by atoms with Crippen molar-refractivity contribution in [3.05, 3.63) is 0 Å². The Labute approximate surface area is 79.9 Å². The summed E-state index contributed by atoms with van der Waals surface area (Å²) >= 11 is 6.45. The zero-order chi connectivity index (χ0) is 8.10. The van der Waals surface area contributed by atoms with Crippen molar-refractivity contribution in [2.45, 2.75) is 37.9 Å². The molecule has 0 aromatic rings. The molecule has 1 rings (SSSR count). The molecular formula is C9H18S2. The fraction of sp³-hybridized carbons (Fsp3) is 1.00. The molecular weight excluding hydrogens is 172 g/mol. The predicted molar refractivity (Wildman–Crippen MR) is 57.7 cm³/mol. The maximum atomic E-state index is 4.28. The van der Waals surface area contributed by atoms with Crippen LogP contribution in [0.15, 0.2) is 0 Å². The van der Waals surface area contributed by atoms with Gasteiger partial charge in [0.2, 0.25) is 0 Å². The van der Waals surface area contributed by atoms with E-state index in [2.05, 4.69) is 31.3 Å². The third-order valence-electron chi connectivity index (χ3n) is 2.23. The number of thiol groups is 1. The topological polar surface area (TPSA) is 0 Å². The van der Waals surface area contributed by atoms with Gasteiger partial charge in [0.15, 0.2) is 0 Å². The van der Waals surface area contributed by atoms with Crippen LogP contribution in [-0.4, -0.2) is 16.8 Å². The molecule has 0 nitrogen and oxygen atoms in total. The van der Waals surface area contributed by atoms with Gasteiger partial charge in [0.05, 0.1) is 0 Å². The second-order valence-electron chi connectivity index (χ2n) is 3.53. The minimum absolute atomic E-state index is 0.795. The van der Waals surface area contributed by atoms with Crippen molar-refractivity contribution in [2.24, 2.45) is 5.92 Å². The summed E-state index contributed by atoms with van der Waals surface area (Å²) in [6.45, 7) is 2.29. The van der Waals surface area contributed by atoms with Crippen LogP contribution in [0.1, 0.15) is 32.6 Å². The first-order chi connectivity index (χ1) is 5.33. The molecule has 0 saturated heterocycles. The van der Waals surface area contributed by atoms with Crippen LogP contribution in [0.25, 0.3) is 0 Å². The lowest BCUT2D eigenvalue weighted by atomic mass is 10.3. The maximum absolute atomic E-state index is 4.28. The van der Waals surface area contributed by atoms with E-state index < -0.39 is 0 Å². The van der Waals surface area contributed by atoms with E-state index in [1.807, 2.05) is 0 Å². The average Bonchev–Trinajstić information content (AvgIpc) is 2.52. The Bertz CT molecular complexity index is 97.7. The lowest BCUT2D eigenvalue weighted by Gasteiger charge is -2.11. The van der Waals surface area contributed by atoms with Crippen molar-refractivity contribution < 1.29 is 0 Å². The summed E-state index contributed by atoms with van der Waals surface area (Å²) in [5.74, 6) is 3.15. The zero-order valence-electron chi connectivity index (χ0n) is 7.25. The van der Waals surface area contributed by atoms with Gasteiger partial charge in [0.25, 0.3) is 0 Å². The third kappa shape index (κ3) is 3.75. The maximum Gasteiger partial charge on any atom is 0.00471 e. The van der Waals surface area contributed by atoms with E-state index in [-0.39, 0.29) is 0 Å². The zero-order valence-corrected chi connectivity index (χ0v) is 8.96. The fourth-order valence-corrected chi connectivity index (χ4v) is 3.10. The minimum atomic E-state index is 0.795. The summed E-state index contributed by atoms with van der Waals surface area (Å²) in [6, 6.07) is 0. The molecule has 1 atom stereocenters. The number of thioether (sulfide) groups is 1. The van der Waals surface area contributed by atoms with Crippen LogP contribution < -0.4 is 0 Å². The van der Waals surface area contributed by atoms with Gasteiger partial charge in [-0.25, -0.2) is 0 Å². The second kappa shape index (κ2) is 5.36. The van der Waals surface area contributed by atoms with Gasteiger partial charge in [-0.05, 0) is 30.3 Å². The molecule has 1 fully saturated rings. The quantitative estimate of drug-likeness (QED) is 0.664. The van der Waals surface area contributed by atoms with Crippen molar-refractivity contribution in [3.63, 3.8) is 0 Å². The molecule has 0 aromatic heterocycles. The Morgan fingerprint density at radius 1 is 1.45 bits per heavy atom. The molecule has 66 valence electrons. The molecule has 1 aliphatic carbocycles. The molecule has 11 heavy (non-hydrogen) atoms. The number of rotatable bonds is 4. The van der Waals surface area contributed by atoms with Crippen molar-refractivity contribution in [1.29, 1.82) is 0 Å². The van der Waals surface area contributed by atoms with E-state index in [1.54, 1.807) is 0 Å². The molecule has 0 amide bonds. The third-order valence-corrected chi connectivity index (χ3v) is 4.56. The Morgan fingerprint density at radius 3 is 2.64 bits per heavy atom. The lowest BCUT2D eigenvalue weighted by molar-refractivity contribution is 0.760. The highest BCUT2D eigenvalue weighted by Gasteiger charge is 2.15. The van der Waals surface area contributed by atoms with Crippen molar-refractivity contribution in [3.8, 4) is 0 Å². The SMILES string of the molecule is CC(CS)CSC1CCCC1. The van der Waals surface area contributed by atoms with Crippen molar-refractivity contribution in [1.82, 2.24) is 0 Å². The highest BCUT2D eigenvalue weighted by molar-refractivity contribution is 7.99. The summed E-state index contributed by atoms with van der Waals surface area (Å²) in [4.78, 5) is 0. The van der Waals surface area contributed by atoms with Gasteiger partial charge in [-0.1, -0.05) is 19.8 Å². The summed E-state index contributed by atoms with van der Waals surface area (Å²) in [5.41, 5.74) is 0. The fourth-order valence-electron chi connectivity index (χ4n) is 1.41. The van der Waals surface area contributed by atoms with Crippen LogP contribution in [0.3, 0.4) is 0 Å². The van der Waals surface area contributed by atoms with Gasteiger partial charge < -0.3 is 0 Å². The van der Waals surface area contributed by atoms with Crippen LogP contribution >= 0.6 is 24.4 Å². The van der Waals surface area contributed by atoms with E-state index in [4.69, 9.17) is 0 Å². The van der Waals surface area contributed by atoms with Gasteiger partial charge in [-0.15, -0.1) is 0 Å². The van der Waals surface area contributed by atoms with Crippen LogP contribution in [0.5, 0.6) is 0 Å². The Balaban J connectivity index is 2.01. The molecule has 0 bridgehead atoms. The normalized spacial score (nSPS) is 22.4. The molecule has 0 aromatic carbocycles. The van der Waals surface area contributed by atoms with Crippen LogP contribution in [0, 0.1) is 5.92 Å². The summed E-state index contributed by atoms with van der Waals surface area (Å²) in [7, 11) is 0. The van der Waals surface area contributed by atoms with E-state index in [0.717, 1.165) is 16.9 Å². The molecule has 0 radical (unpaired) electrons. The van der Waals surface area contributed by atoms with E-state index in [9.17, 15) is 0 Å². The van der Waals surface area contributed by atoms with Crippen LogP contribution in [-0.2, 0) is 0 Å². The van der Waals surface area contributed by atoms with E-state index >= 15 is 0 Å². The molecule has 1 saturated carbocycles. The van der Waals surface area contributed by atoms with Crippen molar-refractivity contribution >= 4 is 24.4 Å². The predicted octanol–water partition coefficient (Wildman–Crippen LogP) is 3.23. The van der Waals surface area contributed by atoms with Crippen LogP contribution in [0.2, 0.25) is 0 Å². The Kier molecular flexibility index (Phi) is 4.77. The first-order valence-electron chi connectivity index (χ1n) is 4.55. The molecule has 0 spiro atoms. The summed E-state index contributed by atoms with van der Waals surface area (Å²) in [5, 5.41) is 0.984. The molecule has 2 heteroatoms. The van der Waals surface area contributed by atoms with Gasteiger partial charge >= 0.3 is 0 Å². The van der Waals surface area contributed by atoms with Crippen molar-refractivity contribution in [2.75, 3.05) is 11.5 Å². The van der Waals surface area contributed by atoms with Gasteiger partial charge in [0, 0.05) is 5.25 Å². The second-order valence-corrected chi connectivity index (χ2v) is 5.23. The Morgan fingerprint density at radius 2 is 2.09 bits per heavy atom. The standard InChI is InChI=1S/C9H18S2/c1-8(6-10)7-11-9-4-2-3-5-9/h8-10H,2-7H2,1H3. The first-order valence-corrected chi connectivity index (χ1v) is 6.23. The van der Waals surface area contributed by atoms with Crippen LogP contribution in [0.4, 0.5) is 0 Å². The minimum Gasteiger partial charge on any atom is -0.179 e. The molecule has 1 unspecified atom stereocenters. The molecule has 1 aliphatic rings. The first kappa shape index (κ1) is 9.79. The average molecular weight is 190 g/mol. The molecule has 0 aliphatic heterocycles. The number of hydrogen-bond acceptors (Lipinski definition) is 2. The van der Waals surface area contributed by atoms with Gasteiger partial charge in [-0.2, -0.15) is 24.4 Å². The van der Waals surface area contributed by atoms with Gasteiger partial charge in [0.1, 0.15) is 0 Å². The highest BCUT2D eigenvalue weighted by Crippen LogP contribution is 2.30. The van der Waals surface area contributed by atoms with E-state index in [1.165, 1.54) is 31.4 Å².